The van der Waals surface area contributed by atoms with Gasteiger partial charge in [0, 0.05) is 26.2 Å². The van der Waals surface area contributed by atoms with Gasteiger partial charge in [0.15, 0.2) is 0 Å². The van der Waals surface area contributed by atoms with Crippen molar-refractivity contribution in [2.24, 2.45) is 5.92 Å². The number of halogens is 1. The number of hydrogen-bond acceptors (Lipinski definition) is 4. The highest BCUT2D eigenvalue weighted by Gasteiger charge is 2.25. The zero-order valence-electron chi connectivity index (χ0n) is 16.4. The van der Waals surface area contributed by atoms with Crippen molar-refractivity contribution in [1.82, 2.24) is 15.5 Å². The smallest absolute Gasteiger partial charge is 0.407 e. The molecule has 1 heterocycles. The predicted molar refractivity (Wildman–Crippen MR) is 102 cm³/mol. The van der Waals surface area contributed by atoms with Crippen LogP contribution in [-0.2, 0) is 16.1 Å². The van der Waals surface area contributed by atoms with Crippen molar-refractivity contribution in [1.29, 1.82) is 0 Å². The molecule has 2 rings (SSSR count). The van der Waals surface area contributed by atoms with Crippen LogP contribution in [0.1, 0.15) is 39.2 Å². The van der Waals surface area contributed by atoms with Crippen LogP contribution in [0.2, 0.25) is 0 Å². The summed E-state index contributed by atoms with van der Waals surface area (Å²) < 4.78 is 18.5. The van der Waals surface area contributed by atoms with E-state index >= 15 is 0 Å². The molecule has 1 aliphatic rings. The van der Waals surface area contributed by atoms with Crippen molar-refractivity contribution in [2.45, 2.75) is 45.8 Å². The highest BCUT2D eigenvalue weighted by Crippen LogP contribution is 2.19. The number of ether oxygens (including phenoxy) is 1. The van der Waals surface area contributed by atoms with Gasteiger partial charge in [-0.3, -0.25) is 9.69 Å². The number of piperidine rings is 1. The summed E-state index contributed by atoms with van der Waals surface area (Å²) >= 11 is 0. The number of nitrogens with zero attached hydrogens (tertiary/aromatic N) is 1. The van der Waals surface area contributed by atoms with E-state index in [2.05, 4.69) is 15.5 Å². The van der Waals surface area contributed by atoms with Gasteiger partial charge in [0.05, 0.1) is 5.92 Å². The van der Waals surface area contributed by atoms with Crippen LogP contribution in [0.15, 0.2) is 24.3 Å². The molecule has 1 aromatic rings. The number of rotatable bonds is 6. The molecule has 7 heteroatoms. The molecule has 2 N–H and O–H groups in total. The fraction of sp³-hybridized carbons (Fsp3) is 0.600. The van der Waals surface area contributed by atoms with Crippen molar-refractivity contribution < 1.29 is 18.7 Å². The summed E-state index contributed by atoms with van der Waals surface area (Å²) in [5.74, 6) is -0.338. The van der Waals surface area contributed by atoms with Crippen LogP contribution in [0.4, 0.5) is 9.18 Å². The maximum Gasteiger partial charge on any atom is 0.407 e. The van der Waals surface area contributed by atoms with E-state index < -0.39 is 11.7 Å². The summed E-state index contributed by atoms with van der Waals surface area (Å²) in [7, 11) is 0. The van der Waals surface area contributed by atoms with Gasteiger partial charge < -0.3 is 15.4 Å². The van der Waals surface area contributed by atoms with Gasteiger partial charge in [-0.15, -0.1) is 0 Å². The Hall–Kier alpha value is -2.15. The molecule has 0 aliphatic carbocycles. The van der Waals surface area contributed by atoms with Crippen LogP contribution in [0, 0.1) is 11.7 Å². The van der Waals surface area contributed by atoms with Gasteiger partial charge in [-0.25, -0.2) is 9.18 Å². The fourth-order valence-electron chi connectivity index (χ4n) is 3.12. The molecular weight excluding hydrogens is 349 g/mol. The molecular formula is C20H30FN3O3. The first-order chi connectivity index (χ1) is 12.7. The minimum Gasteiger partial charge on any atom is -0.444 e. The van der Waals surface area contributed by atoms with Crippen molar-refractivity contribution in [3.8, 4) is 0 Å². The largest absolute Gasteiger partial charge is 0.444 e. The Balaban J connectivity index is 1.70. The molecule has 27 heavy (non-hydrogen) atoms. The summed E-state index contributed by atoms with van der Waals surface area (Å²) in [4.78, 5) is 26.1. The van der Waals surface area contributed by atoms with Crippen LogP contribution in [0.3, 0.4) is 0 Å². The predicted octanol–water partition coefficient (Wildman–Crippen LogP) is 2.68. The van der Waals surface area contributed by atoms with Gasteiger partial charge in [0.1, 0.15) is 11.4 Å². The number of carbonyl (C=O) groups excluding carboxylic acids is 2. The number of benzene rings is 1. The molecule has 0 saturated carbocycles. The van der Waals surface area contributed by atoms with E-state index in [0.717, 1.165) is 24.9 Å². The summed E-state index contributed by atoms with van der Waals surface area (Å²) in [5.41, 5.74) is 0.373. The molecule has 0 aromatic heterocycles. The average Bonchev–Trinajstić information content (AvgIpc) is 2.57. The van der Waals surface area contributed by atoms with E-state index in [9.17, 15) is 14.0 Å². The first-order valence-electron chi connectivity index (χ1n) is 9.44. The lowest BCUT2D eigenvalue weighted by atomic mass is 9.96. The number of hydrogen-bond donors (Lipinski definition) is 2. The van der Waals surface area contributed by atoms with Crippen LogP contribution < -0.4 is 10.6 Å². The third-order valence-corrected chi connectivity index (χ3v) is 4.26. The van der Waals surface area contributed by atoms with Crippen LogP contribution in [-0.4, -0.2) is 48.7 Å². The number of alkyl carbamates (subject to hydrolysis) is 1. The molecule has 0 radical (unpaired) electrons. The molecule has 1 aliphatic heterocycles. The number of nitrogens with one attached hydrogen (secondary N) is 2. The zero-order chi connectivity index (χ0) is 19.9. The molecule has 1 unspecified atom stereocenters. The van der Waals surface area contributed by atoms with Crippen molar-refractivity contribution in [2.75, 3.05) is 26.2 Å². The monoisotopic (exact) mass is 379 g/mol. The molecule has 0 spiro atoms. The second-order valence-electron chi connectivity index (χ2n) is 7.92. The normalized spacial score (nSPS) is 18.0. The standard InChI is InChI=1S/C20H30FN3O3/c1-20(2,3)27-19(26)23-10-9-22-18(25)16-7-5-11-24(14-16)13-15-6-4-8-17(21)12-15/h4,6,8,12,16H,5,7,9-11,13-14H2,1-3H3,(H,22,25)(H,23,26). The molecule has 1 aromatic carbocycles. The van der Waals surface area contributed by atoms with Gasteiger partial charge in [-0.1, -0.05) is 12.1 Å². The van der Waals surface area contributed by atoms with Crippen LogP contribution >= 0.6 is 0 Å². The Bertz CT molecular complexity index is 646. The second-order valence-corrected chi connectivity index (χ2v) is 7.92. The number of amides is 2. The van der Waals surface area contributed by atoms with Gasteiger partial charge in [0.2, 0.25) is 5.91 Å². The van der Waals surface area contributed by atoms with Crippen LogP contribution in [0.5, 0.6) is 0 Å². The topological polar surface area (TPSA) is 70.7 Å². The summed E-state index contributed by atoms with van der Waals surface area (Å²) in [5, 5.41) is 5.49. The van der Waals surface area contributed by atoms with Crippen molar-refractivity contribution in [3.63, 3.8) is 0 Å². The summed E-state index contributed by atoms with van der Waals surface area (Å²) in [6, 6.07) is 6.57. The fourth-order valence-corrected chi connectivity index (χ4v) is 3.12. The SMILES string of the molecule is CC(C)(C)OC(=O)NCCNC(=O)C1CCCN(Cc2cccc(F)c2)C1. The Morgan fingerprint density at radius 1 is 1.26 bits per heavy atom. The number of likely N-dealkylation sites (tertiary alicyclic amines) is 1. The third-order valence-electron chi connectivity index (χ3n) is 4.26. The Kier molecular flexibility index (Phi) is 7.59. The molecule has 1 fully saturated rings. The van der Waals surface area contributed by atoms with Gasteiger partial charge >= 0.3 is 6.09 Å². The molecule has 1 atom stereocenters. The lowest BCUT2D eigenvalue weighted by molar-refractivity contribution is -0.126. The van der Waals surface area contributed by atoms with Crippen LogP contribution in [0.25, 0.3) is 0 Å². The maximum absolute atomic E-state index is 13.3. The highest BCUT2D eigenvalue weighted by atomic mass is 19.1. The minimum absolute atomic E-state index is 0.00932. The maximum atomic E-state index is 13.3. The lowest BCUT2D eigenvalue weighted by Gasteiger charge is -2.32. The molecule has 150 valence electrons. The Morgan fingerprint density at radius 2 is 2.00 bits per heavy atom. The van der Waals surface area contributed by atoms with E-state index in [1.165, 1.54) is 12.1 Å². The first kappa shape index (κ1) is 21.2. The average molecular weight is 379 g/mol. The van der Waals surface area contributed by atoms with Gasteiger partial charge in [-0.2, -0.15) is 0 Å². The quantitative estimate of drug-likeness (QED) is 0.746. The van der Waals surface area contributed by atoms with Crippen molar-refractivity contribution in [3.05, 3.63) is 35.6 Å². The molecule has 2 amide bonds. The summed E-state index contributed by atoms with van der Waals surface area (Å²) in [6.45, 7) is 8.27. The molecule has 0 bridgehead atoms. The number of carbonyl (C=O) groups is 2. The van der Waals surface area contributed by atoms with E-state index in [4.69, 9.17) is 4.74 Å². The first-order valence-corrected chi connectivity index (χ1v) is 9.44. The highest BCUT2D eigenvalue weighted by molar-refractivity contribution is 5.79. The summed E-state index contributed by atoms with van der Waals surface area (Å²) in [6.07, 6.45) is 1.28. The van der Waals surface area contributed by atoms with E-state index in [0.29, 0.717) is 26.2 Å². The molecule has 1 saturated heterocycles. The Labute approximate surface area is 160 Å². The third kappa shape index (κ3) is 7.95. The molecule has 6 nitrogen and oxygen atoms in total. The minimum atomic E-state index is -0.541. The van der Waals surface area contributed by atoms with E-state index in [1.807, 2.05) is 6.07 Å². The van der Waals surface area contributed by atoms with E-state index in [-0.39, 0.29) is 17.6 Å². The Morgan fingerprint density at radius 3 is 2.70 bits per heavy atom. The van der Waals surface area contributed by atoms with E-state index in [1.54, 1.807) is 26.8 Å². The lowest BCUT2D eigenvalue weighted by Crippen LogP contribution is -2.44. The second kappa shape index (κ2) is 9.69. The van der Waals surface area contributed by atoms with Crippen molar-refractivity contribution >= 4 is 12.0 Å². The zero-order valence-corrected chi connectivity index (χ0v) is 16.4. The van der Waals surface area contributed by atoms with Gasteiger partial charge in [0.25, 0.3) is 0 Å². The van der Waals surface area contributed by atoms with Gasteiger partial charge in [-0.05, 0) is 57.9 Å².